The van der Waals surface area contributed by atoms with Crippen LogP contribution in [0.15, 0.2) is 18.3 Å². The highest BCUT2D eigenvalue weighted by Gasteiger charge is 2.42. The first-order chi connectivity index (χ1) is 19.4. The summed E-state index contributed by atoms with van der Waals surface area (Å²) in [4.78, 5) is 48.3. The summed E-state index contributed by atoms with van der Waals surface area (Å²) in [6, 6.07) is 5.44. The first kappa shape index (κ1) is 29.5. The van der Waals surface area contributed by atoms with Crippen molar-refractivity contribution in [2.45, 2.75) is 43.9 Å². The fraction of sp³-hybridized carbons (Fsp3) is 0.500. The predicted octanol–water partition coefficient (Wildman–Crippen LogP) is 3.06. The van der Waals surface area contributed by atoms with Gasteiger partial charge in [0, 0.05) is 49.7 Å². The minimum absolute atomic E-state index is 0.217. The van der Waals surface area contributed by atoms with Gasteiger partial charge < -0.3 is 20.3 Å². The van der Waals surface area contributed by atoms with Crippen LogP contribution in [0.3, 0.4) is 0 Å². The molecule has 2 aromatic heterocycles. The van der Waals surface area contributed by atoms with Gasteiger partial charge in [-0.25, -0.2) is 14.8 Å². The Morgan fingerprint density at radius 1 is 1.32 bits per heavy atom. The molecule has 2 amide bonds. The second-order valence-electron chi connectivity index (χ2n) is 10.1. The molecule has 2 aromatic rings. The van der Waals surface area contributed by atoms with Gasteiger partial charge in [-0.05, 0) is 55.7 Å². The van der Waals surface area contributed by atoms with Crippen molar-refractivity contribution in [2.24, 2.45) is 0 Å². The molecule has 1 aliphatic heterocycles. The Hall–Kier alpha value is -3.53. The fourth-order valence-corrected chi connectivity index (χ4v) is 5.97. The van der Waals surface area contributed by atoms with E-state index in [1.807, 2.05) is 24.9 Å². The van der Waals surface area contributed by atoms with Gasteiger partial charge >= 0.3 is 6.03 Å². The van der Waals surface area contributed by atoms with Gasteiger partial charge in [-0.2, -0.15) is 17.0 Å². The number of aromatic nitrogens is 2. The Morgan fingerprint density at radius 2 is 2.15 bits per heavy atom. The van der Waals surface area contributed by atoms with Gasteiger partial charge in [0.15, 0.2) is 6.29 Å². The monoisotopic (exact) mass is 564 g/mol. The van der Waals surface area contributed by atoms with Crippen molar-refractivity contribution in [1.82, 2.24) is 20.2 Å². The standard InChI is InChI=1S/C28H36N8O3S/c1-3-40-28(6-7-28)19-32-23-14-25(31-16-22(23)15-29)34-27(39)36-10-4-5-20-13-21(24(18-38)33-26(20)36)17-35(2)11-8-30-9-12-37/h12-14,16,18,30H,3-11,17,19H2,1-2H3,(H2,31,32,34,39). The molecular weight excluding hydrogens is 528 g/mol. The Morgan fingerprint density at radius 3 is 2.85 bits per heavy atom. The largest absolute Gasteiger partial charge is 0.382 e. The van der Waals surface area contributed by atoms with Crippen molar-refractivity contribution in [2.75, 3.05) is 61.1 Å². The van der Waals surface area contributed by atoms with Gasteiger partial charge in [0.25, 0.3) is 0 Å². The number of nitriles is 1. The summed E-state index contributed by atoms with van der Waals surface area (Å²) >= 11 is 1.93. The van der Waals surface area contributed by atoms with E-state index in [4.69, 9.17) is 0 Å². The lowest BCUT2D eigenvalue weighted by molar-refractivity contribution is -0.107. The number of hydrogen-bond acceptors (Lipinski definition) is 10. The zero-order chi connectivity index (χ0) is 28.5. The van der Waals surface area contributed by atoms with Gasteiger partial charge in [0.2, 0.25) is 0 Å². The number of likely N-dealkylation sites (N-methyl/N-ethyl adjacent to an activating group) is 1. The molecule has 2 aliphatic rings. The van der Waals surface area contributed by atoms with Gasteiger partial charge in [-0.3, -0.25) is 15.0 Å². The Labute approximate surface area is 239 Å². The van der Waals surface area contributed by atoms with Gasteiger partial charge in [0.1, 0.15) is 29.7 Å². The van der Waals surface area contributed by atoms with Crippen molar-refractivity contribution in [3.8, 4) is 6.07 Å². The third kappa shape index (κ3) is 7.35. The number of thioether (sulfide) groups is 1. The lowest BCUT2D eigenvalue weighted by atomic mass is 10.0. The Kier molecular flexibility index (Phi) is 10.1. The summed E-state index contributed by atoms with van der Waals surface area (Å²) < 4.78 is 0.217. The molecule has 0 atom stereocenters. The third-order valence-electron chi connectivity index (χ3n) is 7.09. The number of carbonyl (C=O) groups is 3. The maximum absolute atomic E-state index is 13.4. The number of anilines is 3. The highest BCUT2D eigenvalue weighted by Crippen LogP contribution is 2.48. The molecule has 0 bridgehead atoms. The second kappa shape index (κ2) is 13.7. The number of urea groups is 1. The molecule has 0 unspecified atom stereocenters. The summed E-state index contributed by atoms with van der Waals surface area (Å²) in [5.74, 6) is 1.85. The molecule has 12 heteroatoms. The number of fused-ring (bicyclic) bond motifs is 1. The summed E-state index contributed by atoms with van der Waals surface area (Å²) in [6.07, 6.45) is 6.83. The number of aldehydes is 2. The first-order valence-corrected chi connectivity index (χ1v) is 14.6. The number of aryl methyl sites for hydroxylation is 1. The summed E-state index contributed by atoms with van der Waals surface area (Å²) in [5, 5.41) is 18.8. The number of rotatable bonds is 14. The molecule has 1 aliphatic carbocycles. The molecule has 212 valence electrons. The van der Waals surface area contributed by atoms with Gasteiger partial charge in [-0.1, -0.05) is 6.92 Å². The quantitative estimate of drug-likeness (QED) is 0.231. The average Bonchev–Trinajstić information content (AvgIpc) is 3.73. The number of nitrogens with one attached hydrogen (secondary N) is 3. The number of nitrogens with zero attached hydrogens (tertiary/aromatic N) is 5. The van der Waals surface area contributed by atoms with E-state index in [0.29, 0.717) is 61.3 Å². The molecule has 4 rings (SSSR count). The lowest BCUT2D eigenvalue weighted by Gasteiger charge is -2.29. The first-order valence-electron chi connectivity index (χ1n) is 13.6. The van der Waals surface area contributed by atoms with E-state index in [-0.39, 0.29) is 10.8 Å². The van der Waals surface area contributed by atoms with Crippen LogP contribution in [0.1, 0.15) is 53.4 Å². The zero-order valence-corrected chi connectivity index (χ0v) is 23.9. The van der Waals surface area contributed by atoms with Crippen molar-refractivity contribution in [3.05, 3.63) is 40.7 Å². The molecule has 0 radical (unpaired) electrons. The van der Waals surface area contributed by atoms with Crippen molar-refractivity contribution in [1.29, 1.82) is 5.26 Å². The van der Waals surface area contributed by atoms with Crippen LogP contribution in [0.5, 0.6) is 0 Å². The molecule has 0 aromatic carbocycles. The Bertz CT molecular complexity index is 1280. The molecule has 3 N–H and O–H groups in total. The van der Waals surface area contributed by atoms with E-state index in [2.05, 4.69) is 43.8 Å². The van der Waals surface area contributed by atoms with E-state index in [9.17, 15) is 19.6 Å². The normalized spacial score (nSPS) is 15.2. The second-order valence-corrected chi connectivity index (χ2v) is 11.9. The van der Waals surface area contributed by atoms with Gasteiger partial charge in [-0.15, -0.1) is 0 Å². The highest BCUT2D eigenvalue weighted by molar-refractivity contribution is 8.00. The van der Waals surface area contributed by atoms with Gasteiger partial charge in [0.05, 0.1) is 17.8 Å². The van der Waals surface area contributed by atoms with Crippen molar-refractivity contribution < 1.29 is 14.4 Å². The van der Waals surface area contributed by atoms with E-state index in [1.54, 1.807) is 11.0 Å². The number of pyridine rings is 2. The van der Waals surface area contributed by atoms with Crippen LogP contribution in [0.25, 0.3) is 0 Å². The average molecular weight is 565 g/mol. The smallest absolute Gasteiger partial charge is 0.328 e. The molecular formula is C28H36N8O3S. The van der Waals surface area contributed by atoms with Crippen molar-refractivity contribution in [3.63, 3.8) is 0 Å². The number of carbonyl (C=O) groups excluding carboxylic acids is 3. The number of amides is 2. The minimum atomic E-state index is -0.389. The minimum Gasteiger partial charge on any atom is -0.382 e. The van der Waals surface area contributed by atoms with Crippen LogP contribution in [0, 0.1) is 11.3 Å². The third-order valence-corrected chi connectivity index (χ3v) is 8.54. The Balaban J connectivity index is 1.46. The zero-order valence-electron chi connectivity index (χ0n) is 23.0. The SMILES string of the molecule is CCSC1(CNc2cc(NC(=O)N3CCCc4cc(CN(C)CCNCC=O)c(C=O)nc43)ncc2C#N)CC1. The molecule has 1 saturated carbocycles. The molecule has 0 saturated heterocycles. The molecule has 3 heterocycles. The van der Waals surface area contributed by atoms with E-state index < -0.39 is 0 Å². The van der Waals surface area contributed by atoms with Crippen LogP contribution in [0.4, 0.5) is 22.1 Å². The molecule has 11 nitrogen and oxygen atoms in total. The van der Waals surface area contributed by atoms with Crippen LogP contribution in [0.2, 0.25) is 0 Å². The van der Waals surface area contributed by atoms with Crippen LogP contribution in [-0.2, 0) is 17.8 Å². The van der Waals surface area contributed by atoms with Crippen molar-refractivity contribution >= 4 is 47.7 Å². The molecule has 1 fully saturated rings. The maximum atomic E-state index is 13.4. The highest BCUT2D eigenvalue weighted by atomic mass is 32.2. The van der Waals surface area contributed by atoms with Crippen LogP contribution >= 0.6 is 11.8 Å². The summed E-state index contributed by atoms with van der Waals surface area (Å²) in [7, 11) is 1.94. The van der Waals surface area contributed by atoms with Crippen LogP contribution < -0.4 is 20.9 Å². The molecule has 0 spiro atoms. The van der Waals surface area contributed by atoms with E-state index in [1.165, 1.54) is 6.20 Å². The van der Waals surface area contributed by atoms with E-state index >= 15 is 0 Å². The maximum Gasteiger partial charge on any atom is 0.328 e. The molecule has 40 heavy (non-hydrogen) atoms. The summed E-state index contributed by atoms with van der Waals surface area (Å²) in [5.41, 5.74) is 3.08. The number of hydrogen-bond donors (Lipinski definition) is 3. The predicted molar refractivity (Wildman–Crippen MR) is 157 cm³/mol. The fourth-order valence-electron chi connectivity index (χ4n) is 4.80. The topological polar surface area (TPSA) is 143 Å². The van der Waals surface area contributed by atoms with E-state index in [0.717, 1.165) is 61.7 Å². The van der Waals surface area contributed by atoms with Crippen LogP contribution in [-0.4, -0.2) is 83.7 Å². The lowest BCUT2D eigenvalue weighted by Crippen LogP contribution is -2.40. The summed E-state index contributed by atoms with van der Waals surface area (Å²) in [6.45, 7) is 5.54.